The fraction of sp³-hybridized carbons (Fsp3) is 0.182. The molecule has 0 aliphatic rings. The van der Waals surface area contributed by atoms with Crippen LogP contribution in [0.4, 0.5) is 0 Å². The first-order chi connectivity index (χ1) is 7.66. The molecule has 1 N–H and O–H groups in total. The third-order valence-corrected chi connectivity index (χ3v) is 4.82. The Morgan fingerprint density at radius 3 is 2.81 bits per heavy atom. The number of aryl methyl sites for hydroxylation is 1. The number of rotatable bonds is 3. The van der Waals surface area contributed by atoms with Crippen LogP contribution in [0.5, 0.6) is 0 Å². The number of hydrogen-bond acceptors (Lipinski definition) is 3. The van der Waals surface area contributed by atoms with Gasteiger partial charge in [-0.05, 0) is 52.0 Å². The Bertz CT molecular complexity index is 504. The highest BCUT2D eigenvalue weighted by Gasteiger charge is 2.08. The zero-order chi connectivity index (χ0) is 11.5. The summed E-state index contributed by atoms with van der Waals surface area (Å²) in [5, 5.41) is 4.96. The van der Waals surface area contributed by atoms with Crippen molar-refractivity contribution in [3.63, 3.8) is 0 Å². The minimum atomic E-state index is -0.0106. The minimum Gasteiger partial charge on any atom is -0.346 e. The molecule has 84 valence electrons. The van der Waals surface area contributed by atoms with Gasteiger partial charge in [-0.25, -0.2) is 0 Å². The molecule has 5 heteroatoms. The summed E-state index contributed by atoms with van der Waals surface area (Å²) in [6, 6.07) is 5.77. The van der Waals surface area contributed by atoms with Crippen LogP contribution in [0.15, 0.2) is 27.4 Å². The van der Waals surface area contributed by atoms with Crippen LogP contribution >= 0.6 is 38.6 Å². The maximum atomic E-state index is 11.7. The number of thiophene rings is 2. The maximum absolute atomic E-state index is 11.7. The van der Waals surface area contributed by atoms with Crippen molar-refractivity contribution in [1.29, 1.82) is 0 Å². The van der Waals surface area contributed by atoms with Crippen molar-refractivity contribution in [3.8, 4) is 0 Å². The lowest BCUT2D eigenvalue weighted by Crippen LogP contribution is -2.21. The molecule has 0 aliphatic carbocycles. The van der Waals surface area contributed by atoms with Gasteiger partial charge in [-0.15, -0.1) is 22.7 Å². The molecule has 0 aromatic carbocycles. The number of carbonyl (C=O) groups is 1. The predicted octanol–water partition coefficient (Wildman–Crippen LogP) is 3.81. The maximum Gasteiger partial charge on any atom is 0.261 e. The molecule has 0 saturated heterocycles. The lowest BCUT2D eigenvalue weighted by Gasteiger charge is -2.02. The van der Waals surface area contributed by atoms with Crippen molar-refractivity contribution in [3.05, 3.63) is 42.7 Å². The van der Waals surface area contributed by atoms with E-state index in [0.717, 1.165) is 8.66 Å². The van der Waals surface area contributed by atoms with Crippen LogP contribution in [0.3, 0.4) is 0 Å². The SMILES string of the molecule is Cc1ccsc1CNC(=O)c1ccc(Br)s1. The van der Waals surface area contributed by atoms with E-state index in [0.29, 0.717) is 6.54 Å². The van der Waals surface area contributed by atoms with Crippen molar-refractivity contribution in [2.45, 2.75) is 13.5 Å². The van der Waals surface area contributed by atoms with E-state index in [9.17, 15) is 4.79 Å². The van der Waals surface area contributed by atoms with Gasteiger partial charge < -0.3 is 5.32 Å². The summed E-state index contributed by atoms with van der Waals surface area (Å²) in [5.41, 5.74) is 1.23. The second-order valence-electron chi connectivity index (χ2n) is 3.31. The number of nitrogens with one attached hydrogen (secondary N) is 1. The molecular weight excluding hydrogens is 306 g/mol. The van der Waals surface area contributed by atoms with E-state index in [1.54, 1.807) is 11.3 Å². The van der Waals surface area contributed by atoms with Crippen molar-refractivity contribution in [2.75, 3.05) is 0 Å². The molecule has 2 aromatic heterocycles. The zero-order valence-corrected chi connectivity index (χ0v) is 11.8. The molecule has 0 fully saturated rings. The lowest BCUT2D eigenvalue weighted by molar-refractivity contribution is 0.0955. The summed E-state index contributed by atoms with van der Waals surface area (Å²) in [7, 11) is 0. The molecule has 2 nitrogen and oxygen atoms in total. The molecule has 2 heterocycles. The second kappa shape index (κ2) is 5.12. The Hall–Kier alpha value is -0.650. The first kappa shape index (κ1) is 11.8. The second-order valence-corrected chi connectivity index (χ2v) is 6.78. The van der Waals surface area contributed by atoms with Gasteiger partial charge in [-0.1, -0.05) is 0 Å². The molecule has 0 aliphatic heterocycles. The number of amides is 1. The summed E-state index contributed by atoms with van der Waals surface area (Å²) in [4.78, 5) is 13.7. The quantitative estimate of drug-likeness (QED) is 0.916. The van der Waals surface area contributed by atoms with Crippen LogP contribution in [0, 0.1) is 6.92 Å². The van der Waals surface area contributed by atoms with Crippen molar-refractivity contribution < 1.29 is 4.79 Å². The van der Waals surface area contributed by atoms with Gasteiger partial charge in [0.2, 0.25) is 0 Å². The fourth-order valence-corrected chi connectivity index (χ4v) is 3.42. The van der Waals surface area contributed by atoms with E-state index in [2.05, 4.69) is 34.2 Å². The van der Waals surface area contributed by atoms with Crippen LogP contribution < -0.4 is 5.32 Å². The predicted molar refractivity (Wildman–Crippen MR) is 72.2 cm³/mol. The van der Waals surface area contributed by atoms with E-state index in [-0.39, 0.29) is 5.91 Å². The molecule has 0 unspecified atom stereocenters. The summed E-state index contributed by atoms with van der Waals surface area (Å²) < 4.78 is 0.977. The molecule has 2 aromatic rings. The number of halogens is 1. The van der Waals surface area contributed by atoms with Crippen LogP contribution in [0.25, 0.3) is 0 Å². The largest absolute Gasteiger partial charge is 0.346 e. The van der Waals surface area contributed by atoms with E-state index in [1.165, 1.54) is 21.8 Å². The van der Waals surface area contributed by atoms with Gasteiger partial charge in [0.1, 0.15) is 0 Å². The number of hydrogen-bond donors (Lipinski definition) is 1. The summed E-state index contributed by atoms with van der Waals surface area (Å²) >= 11 is 6.46. The molecule has 1 amide bonds. The van der Waals surface area contributed by atoms with Crippen molar-refractivity contribution in [1.82, 2.24) is 5.32 Å². The van der Waals surface area contributed by atoms with Gasteiger partial charge in [0.25, 0.3) is 5.91 Å². The first-order valence-electron chi connectivity index (χ1n) is 4.73. The fourth-order valence-electron chi connectivity index (χ4n) is 1.27. The Labute approximate surface area is 110 Å². The van der Waals surface area contributed by atoms with E-state index >= 15 is 0 Å². The molecule has 0 atom stereocenters. The third kappa shape index (κ3) is 2.72. The molecule has 0 bridgehead atoms. The zero-order valence-electron chi connectivity index (χ0n) is 8.62. The highest BCUT2D eigenvalue weighted by atomic mass is 79.9. The molecule has 0 spiro atoms. The average Bonchev–Trinajstić information content (AvgIpc) is 2.84. The highest BCUT2D eigenvalue weighted by molar-refractivity contribution is 9.11. The van der Waals surface area contributed by atoms with Crippen LogP contribution in [-0.2, 0) is 6.54 Å². The smallest absolute Gasteiger partial charge is 0.261 e. The normalized spacial score (nSPS) is 10.4. The third-order valence-electron chi connectivity index (χ3n) is 2.17. The van der Waals surface area contributed by atoms with Gasteiger partial charge in [0, 0.05) is 4.88 Å². The molecule has 2 rings (SSSR count). The summed E-state index contributed by atoms with van der Waals surface area (Å²) in [6.07, 6.45) is 0. The average molecular weight is 316 g/mol. The first-order valence-corrected chi connectivity index (χ1v) is 7.22. The van der Waals surface area contributed by atoms with Crippen LogP contribution in [0.2, 0.25) is 0 Å². The Balaban J connectivity index is 1.96. The Morgan fingerprint density at radius 1 is 1.44 bits per heavy atom. The Kier molecular flexibility index (Phi) is 3.78. The molecule has 16 heavy (non-hydrogen) atoms. The van der Waals surface area contributed by atoms with Crippen molar-refractivity contribution >= 4 is 44.5 Å². The summed E-state index contributed by atoms with van der Waals surface area (Å²) in [5.74, 6) is -0.0106. The van der Waals surface area contributed by atoms with Gasteiger partial charge in [0.05, 0.1) is 15.2 Å². The minimum absolute atomic E-state index is 0.0106. The summed E-state index contributed by atoms with van der Waals surface area (Å²) in [6.45, 7) is 2.66. The van der Waals surface area contributed by atoms with Gasteiger partial charge >= 0.3 is 0 Å². The van der Waals surface area contributed by atoms with Crippen molar-refractivity contribution in [2.24, 2.45) is 0 Å². The Morgan fingerprint density at radius 2 is 2.25 bits per heavy atom. The van der Waals surface area contributed by atoms with E-state index in [1.807, 2.05) is 17.5 Å². The molecule has 0 saturated carbocycles. The van der Waals surface area contributed by atoms with Gasteiger partial charge in [-0.2, -0.15) is 0 Å². The topological polar surface area (TPSA) is 29.1 Å². The van der Waals surface area contributed by atoms with E-state index < -0.39 is 0 Å². The van der Waals surface area contributed by atoms with Crippen LogP contribution in [-0.4, -0.2) is 5.91 Å². The molecular formula is C11H10BrNOS2. The number of carbonyl (C=O) groups excluding carboxylic acids is 1. The van der Waals surface area contributed by atoms with Gasteiger partial charge in [-0.3, -0.25) is 4.79 Å². The standard InChI is InChI=1S/C11H10BrNOS2/c1-7-4-5-15-9(7)6-13-11(14)8-2-3-10(12)16-8/h2-5H,6H2,1H3,(H,13,14). The van der Waals surface area contributed by atoms with Crippen LogP contribution in [0.1, 0.15) is 20.1 Å². The lowest BCUT2D eigenvalue weighted by atomic mass is 10.3. The van der Waals surface area contributed by atoms with E-state index in [4.69, 9.17) is 0 Å². The monoisotopic (exact) mass is 315 g/mol. The van der Waals surface area contributed by atoms with Gasteiger partial charge in [0.15, 0.2) is 0 Å². The molecule has 0 radical (unpaired) electrons. The highest BCUT2D eigenvalue weighted by Crippen LogP contribution is 2.22.